The van der Waals surface area contributed by atoms with E-state index in [-0.39, 0.29) is 12.2 Å². The van der Waals surface area contributed by atoms with Gasteiger partial charge in [0.25, 0.3) is 0 Å². The van der Waals surface area contributed by atoms with E-state index in [0.29, 0.717) is 12.8 Å². The molecule has 5 rings (SSSR count). The molecule has 12 heteroatoms. The minimum atomic E-state index is -5.04. The Balaban J connectivity index is 1.28. The smallest absolute Gasteiger partial charge is 0.249 e. The van der Waals surface area contributed by atoms with Gasteiger partial charge in [-0.3, -0.25) is 9.88 Å². The summed E-state index contributed by atoms with van der Waals surface area (Å²) in [6.07, 6.45) is 2.40. The van der Waals surface area contributed by atoms with E-state index >= 15 is 0 Å². The van der Waals surface area contributed by atoms with Gasteiger partial charge in [-0.1, -0.05) is 30.3 Å². The summed E-state index contributed by atoms with van der Waals surface area (Å²) in [5.74, 6) is -11.8. The fraction of sp³-hybridized carbons (Fsp3) is 0.346. The van der Waals surface area contributed by atoms with E-state index in [9.17, 15) is 30.4 Å². The lowest BCUT2D eigenvalue weighted by Crippen LogP contribution is -2.46. The van der Waals surface area contributed by atoms with Crippen LogP contribution >= 0.6 is 0 Å². The van der Waals surface area contributed by atoms with E-state index in [2.05, 4.69) is 26.9 Å². The van der Waals surface area contributed by atoms with Crippen LogP contribution in [0.15, 0.2) is 53.6 Å². The van der Waals surface area contributed by atoms with Crippen LogP contribution in [0.3, 0.4) is 0 Å². The molecule has 0 atom stereocenters. The largest absolute Gasteiger partial charge is 0.368 e. The number of pyridine rings is 1. The van der Waals surface area contributed by atoms with Gasteiger partial charge >= 0.3 is 0 Å². The number of hydrogen-bond donors (Lipinski definition) is 0. The minimum Gasteiger partial charge on any atom is -0.368 e. The monoisotopic (exact) mass is 552 g/mol. The van der Waals surface area contributed by atoms with Gasteiger partial charge in [-0.05, 0) is 30.5 Å². The number of halogens is 5. The van der Waals surface area contributed by atoms with Gasteiger partial charge < -0.3 is 4.90 Å². The molecule has 0 N–H and O–H groups in total. The second kappa shape index (κ2) is 10.6. The molecule has 1 aliphatic heterocycles. The highest BCUT2D eigenvalue weighted by Gasteiger charge is 2.43. The average molecular weight is 553 g/mol. The third-order valence-corrected chi connectivity index (χ3v) is 8.72. The number of anilines is 1. The van der Waals surface area contributed by atoms with Crippen molar-refractivity contribution >= 4 is 15.7 Å². The highest BCUT2D eigenvalue weighted by molar-refractivity contribution is 7.89. The Labute approximate surface area is 217 Å². The van der Waals surface area contributed by atoms with Crippen molar-refractivity contribution < 1.29 is 30.4 Å². The summed E-state index contributed by atoms with van der Waals surface area (Å²) < 4.78 is 96.6. The van der Waals surface area contributed by atoms with Crippen LogP contribution in [0, 0.1) is 29.1 Å². The lowest BCUT2D eigenvalue weighted by Gasteiger charge is -2.36. The van der Waals surface area contributed by atoms with E-state index in [0.717, 1.165) is 42.7 Å². The number of aromatic nitrogens is 1. The van der Waals surface area contributed by atoms with Crippen molar-refractivity contribution in [3.63, 3.8) is 0 Å². The van der Waals surface area contributed by atoms with Crippen LogP contribution in [0.2, 0.25) is 0 Å². The van der Waals surface area contributed by atoms with Gasteiger partial charge in [0.15, 0.2) is 28.2 Å². The van der Waals surface area contributed by atoms with Crippen molar-refractivity contribution in [3.05, 3.63) is 89.0 Å². The summed E-state index contributed by atoms with van der Waals surface area (Å²) in [6.45, 7) is 3.75. The van der Waals surface area contributed by atoms with Gasteiger partial charge in [0, 0.05) is 38.8 Å². The number of benzene rings is 2. The fourth-order valence-electron chi connectivity index (χ4n) is 4.56. The Morgan fingerprint density at radius 1 is 0.816 bits per heavy atom. The van der Waals surface area contributed by atoms with Crippen LogP contribution in [0.25, 0.3) is 0 Å². The zero-order valence-electron chi connectivity index (χ0n) is 20.3. The second-order valence-corrected chi connectivity index (χ2v) is 11.3. The fourth-order valence-corrected chi connectivity index (χ4v) is 6.34. The van der Waals surface area contributed by atoms with Crippen LogP contribution in [0.1, 0.15) is 24.1 Å². The van der Waals surface area contributed by atoms with E-state index in [1.165, 1.54) is 5.56 Å². The third kappa shape index (κ3) is 5.25. The zero-order chi connectivity index (χ0) is 27.0. The summed E-state index contributed by atoms with van der Waals surface area (Å²) in [6, 6.07) is 13.0. The second-order valence-electron chi connectivity index (χ2n) is 9.44. The van der Waals surface area contributed by atoms with Gasteiger partial charge in [-0.25, -0.2) is 30.4 Å². The molecule has 3 aromatic rings. The lowest BCUT2D eigenvalue weighted by molar-refractivity contribution is 0.250. The molecule has 2 aromatic carbocycles. The van der Waals surface area contributed by atoms with E-state index in [1.807, 2.05) is 18.2 Å². The highest BCUT2D eigenvalue weighted by atomic mass is 32.2. The Bertz CT molecular complexity index is 1380. The van der Waals surface area contributed by atoms with E-state index in [4.69, 9.17) is 0 Å². The SMILES string of the molecule is O=S(=O)(c1c(F)c(F)c(F)c(F)c1F)N(Cc1ccc(N2CCN(Cc3ccccc3)CC2)cn1)C1CC1. The van der Waals surface area contributed by atoms with Crippen molar-refractivity contribution in [2.45, 2.75) is 36.9 Å². The molecular formula is C26H25F5N4O2S. The van der Waals surface area contributed by atoms with Crippen molar-refractivity contribution in [2.75, 3.05) is 31.1 Å². The predicted octanol–water partition coefficient (Wildman–Crippen LogP) is 4.45. The molecule has 202 valence electrons. The van der Waals surface area contributed by atoms with Gasteiger partial charge in [-0.2, -0.15) is 4.31 Å². The van der Waals surface area contributed by atoms with E-state index < -0.39 is 50.0 Å². The minimum absolute atomic E-state index is 0.288. The molecule has 6 nitrogen and oxygen atoms in total. The molecule has 1 saturated heterocycles. The summed E-state index contributed by atoms with van der Waals surface area (Å²) in [5, 5.41) is 0. The van der Waals surface area contributed by atoms with Crippen LogP contribution in [0.5, 0.6) is 0 Å². The van der Waals surface area contributed by atoms with Crippen molar-refractivity contribution in [3.8, 4) is 0 Å². The van der Waals surface area contributed by atoms with Gasteiger partial charge in [0.1, 0.15) is 0 Å². The molecule has 0 bridgehead atoms. The summed E-state index contributed by atoms with van der Waals surface area (Å²) in [4.78, 5) is 7.00. The molecule has 1 aromatic heterocycles. The normalized spacial score (nSPS) is 16.8. The van der Waals surface area contributed by atoms with Crippen LogP contribution in [-0.2, 0) is 23.1 Å². The highest BCUT2D eigenvalue weighted by Crippen LogP contribution is 2.36. The van der Waals surface area contributed by atoms with Crippen molar-refractivity contribution in [1.82, 2.24) is 14.2 Å². The van der Waals surface area contributed by atoms with E-state index in [1.54, 1.807) is 18.3 Å². The number of hydrogen-bond acceptors (Lipinski definition) is 5. The number of rotatable bonds is 8. The Hall–Kier alpha value is -3.09. The Morgan fingerprint density at radius 3 is 1.97 bits per heavy atom. The maximum absolute atomic E-state index is 14.3. The van der Waals surface area contributed by atoms with Crippen LogP contribution < -0.4 is 4.90 Å². The molecule has 0 unspecified atom stereocenters. The molecule has 38 heavy (non-hydrogen) atoms. The first-order valence-corrected chi connectivity index (χ1v) is 13.6. The van der Waals surface area contributed by atoms with Crippen molar-refractivity contribution in [2.24, 2.45) is 0 Å². The molecule has 2 aliphatic rings. The Kier molecular flexibility index (Phi) is 7.38. The maximum Gasteiger partial charge on any atom is 0.249 e. The first-order valence-electron chi connectivity index (χ1n) is 12.2. The Morgan fingerprint density at radius 2 is 1.42 bits per heavy atom. The maximum atomic E-state index is 14.3. The molecule has 1 saturated carbocycles. The number of nitrogens with zero attached hydrogens (tertiary/aromatic N) is 4. The molecule has 0 radical (unpaired) electrons. The standard InChI is InChI=1S/C26H25F5N4O2S/c27-21-22(28)24(30)26(25(31)23(21)29)38(36,37)35(19-8-9-19)16-18-6-7-20(14-32-18)34-12-10-33(11-13-34)15-17-4-2-1-3-5-17/h1-7,14,19H,8-13,15-16H2. The first-order chi connectivity index (χ1) is 18.2. The predicted molar refractivity (Wildman–Crippen MR) is 130 cm³/mol. The zero-order valence-corrected chi connectivity index (χ0v) is 21.1. The number of sulfonamides is 1. The molecule has 2 fully saturated rings. The van der Waals surface area contributed by atoms with Gasteiger partial charge in [0.2, 0.25) is 15.8 Å². The number of piperazine rings is 1. The van der Waals surface area contributed by atoms with Gasteiger partial charge in [-0.15, -0.1) is 0 Å². The van der Waals surface area contributed by atoms with Crippen LogP contribution in [0.4, 0.5) is 27.6 Å². The molecule has 0 amide bonds. The summed E-state index contributed by atoms with van der Waals surface area (Å²) in [5.41, 5.74) is 2.37. The van der Waals surface area contributed by atoms with Gasteiger partial charge in [0.05, 0.1) is 24.1 Å². The average Bonchev–Trinajstić information content (AvgIpc) is 3.76. The molecule has 2 heterocycles. The molecule has 0 spiro atoms. The third-order valence-electron chi connectivity index (χ3n) is 6.80. The first kappa shape index (κ1) is 26.5. The molecular weight excluding hydrogens is 527 g/mol. The quantitative estimate of drug-likeness (QED) is 0.235. The summed E-state index contributed by atoms with van der Waals surface area (Å²) in [7, 11) is -5.04. The summed E-state index contributed by atoms with van der Waals surface area (Å²) >= 11 is 0. The van der Waals surface area contributed by atoms with Crippen LogP contribution in [-0.4, -0.2) is 54.8 Å². The molecule has 1 aliphatic carbocycles. The van der Waals surface area contributed by atoms with Crippen molar-refractivity contribution in [1.29, 1.82) is 0 Å². The topological polar surface area (TPSA) is 56.8 Å². The lowest BCUT2D eigenvalue weighted by atomic mass is 10.2.